The minimum absolute atomic E-state index is 0.230. The van der Waals surface area contributed by atoms with Gasteiger partial charge in [-0.3, -0.25) is 9.78 Å². The molecule has 0 aromatic carbocycles. The Labute approximate surface area is 121 Å². The van der Waals surface area contributed by atoms with Crippen molar-refractivity contribution in [3.05, 3.63) is 23.0 Å². The molecular formula is C13H16ClN3O3. The average molecular weight is 298 g/mol. The van der Waals surface area contributed by atoms with Gasteiger partial charge in [0.15, 0.2) is 0 Å². The number of urea groups is 1. The molecule has 2 amide bonds. The first-order chi connectivity index (χ1) is 9.49. The lowest BCUT2D eigenvalue weighted by Gasteiger charge is -2.30. The Hall–Kier alpha value is -1.82. The summed E-state index contributed by atoms with van der Waals surface area (Å²) in [7, 11) is 0. The largest absolute Gasteiger partial charge is 0.481 e. The molecule has 1 atom stereocenters. The van der Waals surface area contributed by atoms with Crippen LogP contribution in [0.4, 0.5) is 10.5 Å². The van der Waals surface area contributed by atoms with E-state index < -0.39 is 11.9 Å². The molecule has 2 heterocycles. The van der Waals surface area contributed by atoms with E-state index in [2.05, 4.69) is 10.3 Å². The van der Waals surface area contributed by atoms with Crippen LogP contribution in [0.25, 0.3) is 0 Å². The number of nitrogens with zero attached hydrogens (tertiary/aromatic N) is 2. The van der Waals surface area contributed by atoms with E-state index in [9.17, 15) is 9.59 Å². The van der Waals surface area contributed by atoms with Crippen LogP contribution in [0.5, 0.6) is 0 Å². The zero-order valence-corrected chi connectivity index (χ0v) is 11.9. The SMILES string of the molecule is Cc1c(Cl)cncc1NC(=O)N1CCCC(C(=O)O)C1. The van der Waals surface area contributed by atoms with Crippen LogP contribution >= 0.6 is 11.6 Å². The maximum atomic E-state index is 12.2. The molecule has 0 spiro atoms. The summed E-state index contributed by atoms with van der Waals surface area (Å²) >= 11 is 5.94. The van der Waals surface area contributed by atoms with Gasteiger partial charge in [-0.2, -0.15) is 0 Å². The zero-order chi connectivity index (χ0) is 14.7. The Balaban J connectivity index is 2.04. The van der Waals surface area contributed by atoms with E-state index in [1.807, 2.05) is 0 Å². The van der Waals surface area contributed by atoms with Crippen LogP contribution in [-0.2, 0) is 4.79 Å². The molecule has 0 aliphatic carbocycles. The van der Waals surface area contributed by atoms with Gasteiger partial charge in [-0.15, -0.1) is 0 Å². The minimum atomic E-state index is -0.858. The van der Waals surface area contributed by atoms with Gasteiger partial charge in [-0.05, 0) is 25.3 Å². The Bertz CT molecular complexity index is 536. The molecule has 2 N–H and O–H groups in total. The molecule has 0 bridgehead atoms. The monoisotopic (exact) mass is 297 g/mol. The number of halogens is 1. The molecule has 1 aliphatic heterocycles. The molecule has 0 saturated carbocycles. The highest BCUT2D eigenvalue weighted by Gasteiger charge is 2.28. The first-order valence-electron chi connectivity index (χ1n) is 6.38. The number of carboxylic acids is 1. The van der Waals surface area contributed by atoms with Crippen LogP contribution in [0.3, 0.4) is 0 Å². The molecule has 1 saturated heterocycles. The van der Waals surface area contributed by atoms with Gasteiger partial charge in [0, 0.05) is 19.3 Å². The Morgan fingerprint density at radius 2 is 2.25 bits per heavy atom. The minimum Gasteiger partial charge on any atom is -0.481 e. The zero-order valence-electron chi connectivity index (χ0n) is 11.1. The summed E-state index contributed by atoms with van der Waals surface area (Å²) in [6, 6.07) is -0.317. The highest BCUT2D eigenvalue weighted by molar-refractivity contribution is 6.31. The van der Waals surface area contributed by atoms with Crippen molar-refractivity contribution in [1.29, 1.82) is 0 Å². The molecule has 0 radical (unpaired) electrons. The molecule has 1 unspecified atom stereocenters. The third kappa shape index (κ3) is 3.19. The number of aromatic nitrogens is 1. The van der Waals surface area contributed by atoms with Crippen molar-refractivity contribution in [3.8, 4) is 0 Å². The van der Waals surface area contributed by atoms with Crippen LogP contribution in [0, 0.1) is 12.8 Å². The number of nitrogens with one attached hydrogen (secondary N) is 1. The molecule has 1 fully saturated rings. The van der Waals surface area contributed by atoms with E-state index in [1.54, 1.807) is 6.92 Å². The number of likely N-dealkylation sites (tertiary alicyclic amines) is 1. The Morgan fingerprint density at radius 1 is 1.50 bits per heavy atom. The van der Waals surface area contributed by atoms with Gasteiger partial charge >= 0.3 is 12.0 Å². The highest BCUT2D eigenvalue weighted by atomic mass is 35.5. The predicted molar refractivity (Wildman–Crippen MR) is 74.9 cm³/mol. The summed E-state index contributed by atoms with van der Waals surface area (Å²) in [6.07, 6.45) is 4.33. The number of hydrogen-bond donors (Lipinski definition) is 2. The second-order valence-corrected chi connectivity index (χ2v) is 5.25. The molecule has 1 aliphatic rings. The highest BCUT2D eigenvalue weighted by Crippen LogP contribution is 2.23. The summed E-state index contributed by atoms with van der Waals surface area (Å²) in [6.45, 7) is 2.58. The van der Waals surface area contributed by atoms with Crippen molar-refractivity contribution in [3.63, 3.8) is 0 Å². The van der Waals surface area contributed by atoms with Crippen molar-refractivity contribution in [2.24, 2.45) is 5.92 Å². The lowest BCUT2D eigenvalue weighted by atomic mass is 9.99. The summed E-state index contributed by atoms with van der Waals surface area (Å²) in [4.78, 5) is 28.6. The molecule has 2 rings (SSSR count). The van der Waals surface area contributed by atoms with Crippen LogP contribution < -0.4 is 5.32 Å². The number of rotatable bonds is 2. The number of piperidine rings is 1. The standard InChI is InChI=1S/C13H16ClN3O3/c1-8-10(14)5-15-6-11(8)16-13(20)17-4-2-3-9(7-17)12(18)19/h5-6,9H,2-4,7H2,1H3,(H,16,20)(H,18,19). The quantitative estimate of drug-likeness (QED) is 0.878. The molecule has 6 nitrogen and oxygen atoms in total. The third-order valence-electron chi connectivity index (χ3n) is 3.45. The van der Waals surface area contributed by atoms with Crippen molar-refractivity contribution >= 4 is 29.3 Å². The van der Waals surface area contributed by atoms with Crippen LogP contribution in [0.1, 0.15) is 18.4 Å². The molecule has 20 heavy (non-hydrogen) atoms. The fourth-order valence-electron chi connectivity index (χ4n) is 2.18. The Morgan fingerprint density at radius 3 is 2.95 bits per heavy atom. The number of amides is 2. The van der Waals surface area contributed by atoms with E-state index in [0.717, 1.165) is 5.56 Å². The molecular weight excluding hydrogens is 282 g/mol. The average Bonchev–Trinajstić information content (AvgIpc) is 2.44. The number of carboxylic acid groups (broad SMARTS) is 1. The number of carbonyl (C=O) groups is 2. The van der Waals surface area contributed by atoms with Crippen LogP contribution in [0.2, 0.25) is 5.02 Å². The topological polar surface area (TPSA) is 82.5 Å². The summed E-state index contributed by atoms with van der Waals surface area (Å²) < 4.78 is 0. The molecule has 7 heteroatoms. The number of pyridine rings is 1. The van der Waals surface area contributed by atoms with E-state index in [1.165, 1.54) is 17.3 Å². The van der Waals surface area contributed by atoms with E-state index in [0.29, 0.717) is 30.1 Å². The number of aliphatic carboxylic acids is 1. The van der Waals surface area contributed by atoms with Gasteiger partial charge in [0.05, 0.1) is 22.8 Å². The predicted octanol–water partition coefficient (Wildman–Crippen LogP) is 2.37. The number of hydrogen-bond acceptors (Lipinski definition) is 3. The van der Waals surface area contributed by atoms with E-state index in [-0.39, 0.29) is 12.6 Å². The van der Waals surface area contributed by atoms with E-state index >= 15 is 0 Å². The van der Waals surface area contributed by atoms with Crippen molar-refractivity contribution in [1.82, 2.24) is 9.88 Å². The summed E-state index contributed by atoms with van der Waals surface area (Å²) in [5.41, 5.74) is 1.28. The fourth-order valence-corrected chi connectivity index (χ4v) is 2.34. The third-order valence-corrected chi connectivity index (χ3v) is 3.83. The second-order valence-electron chi connectivity index (χ2n) is 4.85. The van der Waals surface area contributed by atoms with Gasteiger partial charge in [0.2, 0.25) is 0 Å². The molecule has 1 aromatic rings. The first kappa shape index (κ1) is 14.6. The van der Waals surface area contributed by atoms with Gasteiger partial charge in [0.1, 0.15) is 0 Å². The Kier molecular flexibility index (Phi) is 4.44. The lowest BCUT2D eigenvalue weighted by Crippen LogP contribution is -2.44. The van der Waals surface area contributed by atoms with Gasteiger partial charge < -0.3 is 15.3 Å². The molecule has 108 valence electrons. The van der Waals surface area contributed by atoms with Crippen LogP contribution in [0.15, 0.2) is 12.4 Å². The summed E-state index contributed by atoms with van der Waals surface area (Å²) in [5, 5.41) is 12.2. The normalized spacial score (nSPS) is 18.7. The van der Waals surface area contributed by atoms with Crippen molar-refractivity contribution < 1.29 is 14.7 Å². The number of carbonyl (C=O) groups excluding carboxylic acids is 1. The van der Waals surface area contributed by atoms with Gasteiger partial charge in [0.25, 0.3) is 0 Å². The summed E-state index contributed by atoms with van der Waals surface area (Å²) in [5.74, 6) is -1.35. The van der Waals surface area contributed by atoms with Crippen molar-refractivity contribution in [2.45, 2.75) is 19.8 Å². The first-order valence-corrected chi connectivity index (χ1v) is 6.75. The van der Waals surface area contributed by atoms with Crippen LogP contribution in [-0.4, -0.2) is 40.1 Å². The van der Waals surface area contributed by atoms with Gasteiger partial charge in [-0.25, -0.2) is 4.79 Å². The maximum absolute atomic E-state index is 12.2. The fraction of sp³-hybridized carbons (Fsp3) is 0.462. The van der Waals surface area contributed by atoms with E-state index in [4.69, 9.17) is 16.7 Å². The molecule has 1 aromatic heterocycles. The maximum Gasteiger partial charge on any atom is 0.321 e. The number of anilines is 1. The second kappa shape index (κ2) is 6.09. The van der Waals surface area contributed by atoms with Gasteiger partial charge in [-0.1, -0.05) is 11.6 Å². The lowest BCUT2D eigenvalue weighted by molar-refractivity contribution is -0.143. The van der Waals surface area contributed by atoms with Crippen molar-refractivity contribution in [2.75, 3.05) is 18.4 Å². The smallest absolute Gasteiger partial charge is 0.321 e.